The van der Waals surface area contributed by atoms with Gasteiger partial charge < -0.3 is 9.05 Å². The number of hydrogen-bond donors (Lipinski definition) is 0. The average molecular weight is 503 g/mol. The molecule has 0 aromatic carbocycles. The Morgan fingerprint density at radius 3 is 2.11 bits per heavy atom. The van der Waals surface area contributed by atoms with Gasteiger partial charge in [0.25, 0.3) is 0 Å². The molecule has 1 atom stereocenters. The van der Waals surface area contributed by atoms with Crippen molar-refractivity contribution in [2.75, 3.05) is 19.4 Å². The number of alkyl halides is 3. The van der Waals surface area contributed by atoms with Crippen LogP contribution in [0.5, 0.6) is 0 Å². The molecule has 2 nitrogen and oxygen atoms in total. The third-order valence-electron chi connectivity index (χ3n) is 2.79. The first kappa shape index (κ1) is 21.0. The first-order valence-electron chi connectivity index (χ1n) is 6.48. The number of rotatable bonds is 9. The van der Waals surface area contributed by atoms with Crippen LogP contribution in [-0.4, -0.2) is 21.5 Å². The van der Waals surface area contributed by atoms with E-state index in [0.717, 1.165) is 25.4 Å². The zero-order valence-electron chi connectivity index (χ0n) is 12.0. The van der Waals surface area contributed by atoms with Crippen LogP contribution in [0.1, 0.15) is 47.0 Å². The smallest absolute Gasteiger partial charge is 0.189 e. The highest BCUT2D eigenvalue weighted by atomic mass is 80.0. The molecule has 0 fully saturated rings. The predicted molar refractivity (Wildman–Crippen MR) is 99.5 cm³/mol. The van der Waals surface area contributed by atoms with Crippen LogP contribution in [0.2, 0.25) is 0 Å². The van der Waals surface area contributed by atoms with Gasteiger partial charge in [-0.2, -0.15) is 0 Å². The van der Waals surface area contributed by atoms with E-state index in [1.54, 1.807) is 0 Å². The molecule has 0 rings (SSSR count). The molecule has 0 saturated carbocycles. The third kappa shape index (κ3) is 11.3. The van der Waals surface area contributed by atoms with E-state index in [0.29, 0.717) is 13.2 Å². The summed E-state index contributed by atoms with van der Waals surface area (Å²) in [4.78, 5) is 0. The Balaban J connectivity index is 4.67. The SMILES string of the molecule is CCCCOP(=S)(CC(C)(C)CC)OCC(Br)(Br)Br. The van der Waals surface area contributed by atoms with Crippen molar-refractivity contribution in [1.82, 2.24) is 0 Å². The minimum Gasteiger partial charge on any atom is -0.329 e. The predicted octanol–water partition coefficient (Wildman–Crippen LogP) is 6.40. The van der Waals surface area contributed by atoms with E-state index in [1.807, 2.05) is 0 Å². The van der Waals surface area contributed by atoms with Gasteiger partial charge in [0.2, 0.25) is 0 Å². The van der Waals surface area contributed by atoms with E-state index in [9.17, 15) is 0 Å². The molecule has 0 spiro atoms. The molecule has 0 radical (unpaired) electrons. The Hall–Kier alpha value is 2.01. The average Bonchev–Trinajstić information content (AvgIpc) is 2.26. The van der Waals surface area contributed by atoms with E-state index >= 15 is 0 Å². The van der Waals surface area contributed by atoms with Crippen molar-refractivity contribution in [2.45, 2.75) is 49.1 Å². The molecule has 1 unspecified atom stereocenters. The lowest BCUT2D eigenvalue weighted by molar-refractivity contribution is 0.238. The minimum absolute atomic E-state index is 0.148. The highest BCUT2D eigenvalue weighted by Crippen LogP contribution is 2.55. The Morgan fingerprint density at radius 1 is 1.11 bits per heavy atom. The summed E-state index contributed by atoms with van der Waals surface area (Å²) in [5.41, 5.74) is 0.148. The molecule has 0 N–H and O–H groups in total. The molecule has 0 aliphatic carbocycles. The Kier molecular flexibility index (Phi) is 10.2. The van der Waals surface area contributed by atoms with Crippen molar-refractivity contribution in [3.8, 4) is 0 Å². The van der Waals surface area contributed by atoms with E-state index in [2.05, 4.69) is 75.5 Å². The monoisotopic (exact) mass is 500 g/mol. The molecule has 19 heavy (non-hydrogen) atoms. The highest BCUT2D eigenvalue weighted by Gasteiger charge is 2.31. The molecule has 7 heteroatoms. The van der Waals surface area contributed by atoms with Gasteiger partial charge in [0.05, 0.1) is 13.2 Å². The molecule has 0 bridgehead atoms. The molecule has 0 amide bonds. The topological polar surface area (TPSA) is 18.5 Å². The maximum absolute atomic E-state index is 5.94. The lowest BCUT2D eigenvalue weighted by Crippen LogP contribution is -2.20. The fourth-order valence-corrected chi connectivity index (χ4v) is 5.92. The molecule has 0 saturated heterocycles. The van der Waals surface area contributed by atoms with E-state index < -0.39 is 8.63 Å². The van der Waals surface area contributed by atoms with Crippen molar-refractivity contribution in [3.05, 3.63) is 0 Å². The molecule has 0 heterocycles. The van der Waals surface area contributed by atoms with Crippen molar-refractivity contribution in [1.29, 1.82) is 0 Å². The van der Waals surface area contributed by atoms with Gasteiger partial charge in [-0.1, -0.05) is 88.3 Å². The van der Waals surface area contributed by atoms with Gasteiger partial charge in [0.1, 0.15) is 0 Å². The summed E-state index contributed by atoms with van der Waals surface area (Å²) in [7, 11) is 0. The lowest BCUT2D eigenvalue weighted by atomic mass is 9.93. The van der Waals surface area contributed by atoms with Crippen LogP contribution in [0, 0.1) is 5.41 Å². The van der Waals surface area contributed by atoms with Crippen LogP contribution in [-0.2, 0) is 20.9 Å². The van der Waals surface area contributed by atoms with Crippen molar-refractivity contribution in [3.63, 3.8) is 0 Å². The second kappa shape index (κ2) is 9.22. The molecule has 116 valence electrons. The van der Waals surface area contributed by atoms with E-state index in [4.69, 9.17) is 20.9 Å². The standard InChI is InChI=1S/C12H24Br3O2PS/c1-5-7-8-16-18(19,10-11(3,4)6-2)17-9-12(13,14)15/h5-10H2,1-4H3. The molecule has 0 aromatic heterocycles. The summed E-state index contributed by atoms with van der Waals surface area (Å²) < 4.78 is 11.5. The van der Waals surface area contributed by atoms with E-state index in [-0.39, 0.29) is 5.41 Å². The summed E-state index contributed by atoms with van der Waals surface area (Å²) in [6, 6.07) is 0. The first-order chi connectivity index (χ1) is 8.54. The van der Waals surface area contributed by atoms with Gasteiger partial charge in [0.15, 0.2) is 8.63 Å². The third-order valence-corrected chi connectivity index (χ3v) is 6.84. The van der Waals surface area contributed by atoms with E-state index in [1.165, 1.54) is 0 Å². The summed E-state index contributed by atoms with van der Waals surface area (Å²) >= 11 is 16.0. The van der Waals surface area contributed by atoms with Crippen molar-refractivity contribution in [2.24, 2.45) is 5.41 Å². The molecule has 0 aliphatic rings. The van der Waals surface area contributed by atoms with Gasteiger partial charge in [-0.05, 0) is 23.6 Å². The minimum atomic E-state index is -2.24. The Bertz CT molecular complexity index is 306. The fraction of sp³-hybridized carbons (Fsp3) is 1.00. The second-order valence-corrected chi connectivity index (χ2v) is 16.3. The highest BCUT2D eigenvalue weighted by molar-refractivity contribution is 9.39. The normalized spacial score (nSPS) is 16.4. The fourth-order valence-electron chi connectivity index (χ4n) is 1.28. The van der Waals surface area contributed by atoms with Gasteiger partial charge in [-0.15, -0.1) is 0 Å². The lowest BCUT2D eigenvalue weighted by Gasteiger charge is -2.32. The number of hydrogen-bond acceptors (Lipinski definition) is 3. The van der Waals surface area contributed by atoms with Crippen LogP contribution >= 0.6 is 54.3 Å². The zero-order chi connectivity index (χ0) is 15.2. The molecule has 0 aliphatic heterocycles. The van der Waals surface area contributed by atoms with Gasteiger partial charge in [-0.3, -0.25) is 0 Å². The maximum atomic E-state index is 5.94. The van der Waals surface area contributed by atoms with Gasteiger partial charge in [-0.25, -0.2) is 0 Å². The molecule has 0 aromatic rings. The summed E-state index contributed by atoms with van der Waals surface area (Å²) in [6.07, 6.45) is 3.99. The number of unbranched alkanes of at least 4 members (excludes halogenated alkanes) is 1. The van der Waals surface area contributed by atoms with Crippen LogP contribution in [0.15, 0.2) is 0 Å². The van der Waals surface area contributed by atoms with Gasteiger partial charge >= 0.3 is 0 Å². The largest absolute Gasteiger partial charge is 0.329 e. The zero-order valence-corrected chi connectivity index (χ0v) is 18.5. The van der Waals surface area contributed by atoms with Crippen LogP contribution in [0.3, 0.4) is 0 Å². The van der Waals surface area contributed by atoms with Crippen LogP contribution < -0.4 is 0 Å². The first-order valence-corrected chi connectivity index (χ1v) is 11.7. The molecular formula is C12H24Br3O2PS. The second-order valence-electron chi connectivity index (χ2n) is 5.36. The molecular weight excluding hydrogens is 479 g/mol. The van der Waals surface area contributed by atoms with Crippen molar-refractivity contribution >= 4 is 66.1 Å². The van der Waals surface area contributed by atoms with Crippen molar-refractivity contribution < 1.29 is 9.05 Å². The maximum Gasteiger partial charge on any atom is 0.189 e. The Morgan fingerprint density at radius 2 is 1.68 bits per heavy atom. The summed E-state index contributed by atoms with van der Waals surface area (Å²) in [5, 5.41) is 0. The summed E-state index contributed by atoms with van der Waals surface area (Å²) in [5.74, 6) is 0. The summed E-state index contributed by atoms with van der Waals surface area (Å²) in [6.45, 7) is 7.62. The Labute approximate surface area is 148 Å². The van der Waals surface area contributed by atoms with Crippen LogP contribution in [0.25, 0.3) is 0 Å². The number of halogens is 3. The van der Waals surface area contributed by atoms with Crippen LogP contribution in [0.4, 0.5) is 0 Å². The van der Waals surface area contributed by atoms with Gasteiger partial charge in [0, 0.05) is 6.16 Å². The quantitative estimate of drug-likeness (QED) is 0.206.